The van der Waals surface area contributed by atoms with Crippen LogP contribution in [-0.2, 0) is 0 Å². The van der Waals surface area contributed by atoms with Crippen LogP contribution in [0.3, 0.4) is 0 Å². The number of aryl methyl sites for hydroxylation is 1. The maximum atomic E-state index is 12.4. The molecule has 3 rings (SSSR count). The fourth-order valence-corrected chi connectivity index (χ4v) is 3.96. The number of anilines is 1. The Labute approximate surface area is 128 Å². The smallest absolute Gasteiger partial charge is 0.263 e. The van der Waals surface area contributed by atoms with Gasteiger partial charge in [-0.25, -0.2) is 4.98 Å². The van der Waals surface area contributed by atoms with Gasteiger partial charge in [-0.1, -0.05) is 0 Å². The van der Waals surface area contributed by atoms with Crippen LogP contribution in [0.15, 0.2) is 12.3 Å². The fourth-order valence-electron chi connectivity index (χ4n) is 2.90. The molecule has 21 heavy (non-hydrogen) atoms. The molecule has 0 aromatic carbocycles. The maximum Gasteiger partial charge on any atom is 0.263 e. The number of nitrogen functional groups attached to an aromatic ring is 1. The number of hydrogen-bond donors (Lipinski definition) is 2. The van der Waals surface area contributed by atoms with Crippen LogP contribution < -0.4 is 11.1 Å². The van der Waals surface area contributed by atoms with Gasteiger partial charge in [-0.3, -0.25) is 4.79 Å². The minimum atomic E-state index is -0.0878. The molecule has 1 aliphatic rings. The number of nitrogens with two attached hydrogens (primary N) is 1. The van der Waals surface area contributed by atoms with Crippen molar-refractivity contribution in [3.63, 3.8) is 0 Å². The van der Waals surface area contributed by atoms with E-state index in [9.17, 15) is 4.79 Å². The van der Waals surface area contributed by atoms with E-state index < -0.39 is 0 Å². The molecule has 1 saturated heterocycles. The summed E-state index contributed by atoms with van der Waals surface area (Å²) in [5, 5.41) is 3.92. The second-order valence-corrected chi connectivity index (χ2v) is 6.64. The molecular weight excluding hydrogens is 284 g/mol. The number of rotatable bonds is 3. The van der Waals surface area contributed by atoms with Crippen molar-refractivity contribution < 1.29 is 4.79 Å². The number of pyridine rings is 1. The Kier molecular flexibility index (Phi) is 3.82. The Hall–Kier alpha value is -1.66. The Morgan fingerprint density at radius 3 is 3.10 bits per heavy atom. The van der Waals surface area contributed by atoms with Crippen LogP contribution in [0.2, 0.25) is 0 Å². The third-order valence-corrected chi connectivity index (χ3v) is 5.33. The molecule has 1 aliphatic heterocycles. The third kappa shape index (κ3) is 2.61. The number of nitrogens with zero attached hydrogens (tertiary/aromatic N) is 2. The lowest BCUT2D eigenvalue weighted by atomic mass is 10.1. The monoisotopic (exact) mass is 304 g/mol. The number of aromatic nitrogens is 1. The zero-order valence-corrected chi connectivity index (χ0v) is 13.2. The van der Waals surface area contributed by atoms with Crippen LogP contribution in [0.5, 0.6) is 0 Å². The highest BCUT2D eigenvalue weighted by molar-refractivity contribution is 7.21. The van der Waals surface area contributed by atoms with Crippen LogP contribution in [0, 0.1) is 6.92 Å². The highest BCUT2D eigenvalue weighted by Crippen LogP contribution is 2.34. The summed E-state index contributed by atoms with van der Waals surface area (Å²) in [6.45, 7) is 3.77. The predicted molar refractivity (Wildman–Crippen MR) is 86.8 cm³/mol. The van der Waals surface area contributed by atoms with Gasteiger partial charge >= 0.3 is 0 Å². The van der Waals surface area contributed by atoms with Crippen molar-refractivity contribution in [2.75, 3.05) is 25.9 Å². The molecule has 5 nitrogen and oxygen atoms in total. The summed E-state index contributed by atoms with van der Waals surface area (Å²) in [6.07, 6.45) is 4.09. The van der Waals surface area contributed by atoms with Crippen molar-refractivity contribution in [3.05, 3.63) is 22.7 Å². The summed E-state index contributed by atoms with van der Waals surface area (Å²) in [5.41, 5.74) is 7.76. The van der Waals surface area contributed by atoms with E-state index in [2.05, 4.69) is 22.2 Å². The quantitative estimate of drug-likeness (QED) is 0.910. The van der Waals surface area contributed by atoms with E-state index >= 15 is 0 Å². The molecule has 112 valence electrons. The first-order chi connectivity index (χ1) is 10.1. The van der Waals surface area contributed by atoms with E-state index in [1.165, 1.54) is 17.8 Å². The molecule has 1 fully saturated rings. The molecule has 3 N–H and O–H groups in total. The minimum absolute atomic E-state index is 0.0878. The van der Waals surface area contributed by atoms with Crippen molar-refractivity contribution in [2.45, 2.75) is 25.8 Å². The van der Waals surface area contributed by atoms with Gasteiger partial charge < -0.3 is 16.0 Å². The first kappa shape index (κ1) is 14.3. The van der Waals surface area contributed by atoms with Gasteiger partial charge in [0.1, 0.15) is 9.71 Å². The summed E-state index contributed by atoms with van der Waals surface area (Å²) >= 11 is 1.37. The van der Waals surface area contributed by atoms with E-state index in [4.69, 9.17) is 5.73 Å². The number of nitrogens with one attached hydrogen (secondary N) is 1. The van der Waals surface area contributed by atoms with Gasteiger partial charge in [-0.2, -0.15) is 0 Å². The molecule has 0 spiro atoms. The molecule has 2 aromatic heterocycles. The van der Waals surface area contributed by atoms with Crippen molar-refractivity contribution in [3.8, 4) is 0 Å². The van der Waals surface area contributed by atoms with E-state index in [0.717, 1.165) is 28.7 Å². The molecule has 1 amide bonds. The zero-order chi connectivity index (χ0) is 15.0. The van der Waals surface area contributed by atoms with E-state index in [1.807, 2.05) is 13.0 Å². The standard InChI is InChI=1S/C15H20N4OS/c1-9-5-6-17-15-11(9)12(16)13(21-15)14(20)18-8-10-4-3-7-19(10)2/h5-6,10H,3-4,7-8,16H2,1-2H3,(H,18,20). The van der Waals surface area contributed by atoms with Crippen molar-refractivity contribution in [1.29, 1.82) is 0 Å². The number of carbonyl (C=O) groups excluding carboxylic acids is 1. The van der Waals surface area contributed by atoms with E-state index in [0.29, 0.717) is 23.2 Å². The molecule has 2 aromatic rings. The normalized spacial score (nSPS) is 19.2. The highest BCUT2D eigenvalue weighted by Gasteiger charge is 2.23. The van der Waals surface area contributed by atoms with Crippen LogP contribution in [0.4, 0.5) is 5.69 Å². The number of fused-ring (bicyclic) bond motifs is 1. The molecule has 0 saturated carbocycles. The molecular formula is C15H20N4OS. The van der Waals surface area contributed by atoms with Gasteiger partial charge in [0.15, 0.2) is 0 Å². The lowest BCUT2D eigenvalue weighted by molar-refractivity contribution is 0.0948. The molecule has 1 atom stereocenters. The average molecular weight is 304 g/mol. The number of amides is 1. The summed E-state index contributed by atoms with van der Waals surface area (Å²) in [6, 6.07) is 2.35. The fraction of sp³-hybridized carbons (Fsp3) is 0.467. The van der Waals surface area contributed by atoms with Gasteiger partial charge in [0.2, 0.25) is 0 Å². The number of thiophene rings is 1. The van der Waals surface area contributed by atoms with E-state index in [1.54, 1.807) is 6.20 Å². The number of carbonyl (C=O) groups is 1. The Balaban J connectivity index is 1.78. The van der Waals surface area contributed by atoms with Gasteiger partial charge in [-0.05, 0) is 45.0 Å². The molecule has 0 radical (unpaired) electrons. The van der Waals surface area contributed by atoms with Gasteiger partial charge in [0.25, 0.3) is 5.91 Å². The zero-order valence-electron chi connectivity index (χ0n) is 12.3. The van der Waals surface area contributed by atoms with Gasteiger partial charge in [0.05, 0.1) is 5.69 Å². The van der Waals surface area contributed by atoms with Crippen molar-refractivity contribution in [1.82, 2.24) is 15.2 Å². The molecule has 3 heterocycles. The average Bonchev–Trinajstić information content (AvgIpc) is 3.01. The second-order valence-electron chi connectivity index (χ2n) is 5.64. The van der Waals surface area contributed by atoms with E-state index in [-0.39, 0.29) is 5.91 Å². The number of hydrogen-bond acceptors (Lipinski definition) is 5. The SMILES string of the molecule is Cc1ccnc2sc(C(=O)NCC3CCCN3C)c(N)c12. The van der Waals surface area contributed by atoms with Crippen molar-refractivity contribution in [2.24, 2.45) is 0 Å². The summed E-state index contributed by atoms with van der Waals surface area (Å²) in [5.74, 6) is -0.0878. The largest absolute Gasteiger partial charge is 0.397 e. The van der Waals surface area contributed by atoms with Crippen LogP contribution in [-0.4, -0.2) is 42.0 Å². The molecule has 0 bridgehead atoms. The summed E-state index contributed by atoms with van der Waals surface area (Å²) in [7, 11) is 2.10. The third-order valence-electron chi connectivity index (χ3n) is 4.21. The number of likely N-dealkylation sites (tertiary alicyclic amines) is 1. The van der Waals surface area contributed by atoms with Gasteiger partial charge in [-0.15, -0.1) is 11.3 Å². The lowest BCUT2D eigenvalue weighted by Crippen LogP contribution is -2.38. The highest BCUT2D eigenvalue weighted by atomic mass is 32.1. The van der Waals surface area contributed by atoms with Gasteiger partial charge in [0, 0.05) is 24.2 Å². The Morgan fingerprint density at radius 2 is 2.43 bits per heavy atom. The predicted octanol–water partition coefficient (Wildman–Crippen LogP) is 2.01. The summed E-state index contributed by atoms with van der Waals surface area (Å²) in [4.78, 5) is 20.4. The topological polar surface area (TPSA) is 71.2 Å². The van der Waals surface area contributed by atoms with Crippen LogP contribution >= 0.6 is 11.3 Å². The number of likely N-dealkylation sites (N-methyl/N-ethyl adjacent to an activating group) is 1. The molecule has 0 aliphatic carbocycles. The minimum Gasteiger partial charge on any atom is -0.397 e. The maximum absolute atomic E-state index is 12.4. The Morgan fingerprint density at radius 1 is 1.62 bits per heavy atom. The molecule has 1 unspecified atom stereocenters. The summed E-state index contributed by atoms with van der Waals surface area (Å²) < 4.78 is 0. The van der Waals surface area contributed by atoms with Crippen LogP contribution in [0.1, 0.15) is 28.1 Å². The first-order valence-electron chi connectivity index (χ1n) is 7.20. The van der Waals surface area contributed by atoms with Crippen molar-refractivity contribution >= 4 is 33.1 Å². The second kappa shape index (κ2) is 5.61. The Bertz CT molecular complexity index is 682. The molecule has 6 heteroatoms. The van der Waals surface area contributed by atoms with Crippen LogP contribution in [0.25, 0.3) is 10.2 Å². The lowest BCUT2D eigenvalue weighted by Gasteiger charge is -2.19. The first-order valence-corrected chi connectivity index (χ1v) is 8.01.